The van der Waals surface area contributed by atoms with Crippen molar-refractivity contribution in [2.75, 3.05) is 0 Å². The summed E-state index contributed by atoms with van der Waals surface area (Å²) in [5.41, 5.74) is 3.72. The van der Waals surface area contributed by atoms with E-state index >= 15 is 0 Å². The maximum absolute atomic E-state index is 10.6. The Labute approximate surface area is 173 Å². The lowest BCUT2D eigenvalue weighted by atomic mass is 9.85. The quantitative estimate of drug-likeness (QED) is 0.332. The Morgan fingerprint density at radius 2 is 1.39 bits per heavy atom. The van der Waals surface area contributed by atoms with E-state index in [4.69, 9.17) is 0 Å². The van der Waals surface area contributed by atoms with Crippen LogP contribution in [0.3, 0.4) is 0 Å². The lowest BCUT2D eigenvalue weighted by Gasteiger charge is -2.21. The highest BCUT2D eigenvalue weighted by Gasteiger charge is 2.20. The third kappa shape index (κ3) is 5.14. The lowest BCUT2D eigenvalue weighted by molar-refractivity contribution is 0.445. The fourth-order valence-corrected chi connectivity index (χ4v) is 3.13. The minimum Gasteiger partial charge on any atom is -0.507 e. The number of azo groups is 1. The molecule has 0 aliphatic carbocycles. The molecule has 0 spiro atoms. The van der Waals surface area contributed by atoms with Crippen LogP contribution >= 0.6 is 15.9 Å². The molecule has 0 saturated carbocycles. The summed E-state index contributed by atoms with van der Waals surface area (Å²) in [5.74, 6) is 0.257. The monoisotopic (exact) mass is 435 g/mol. The van der Waals surface area contributed by atoms with E-state index in [0.717, 1.165) is 27.1 Å². The van der Waals surface area contributed by atoms with Crippen LogP contribution in [0.2, 0.25) is 0 Å². The summed E-state index contributed by atoms with van der Waals surface area (Å²) in [5, 5.41) is 19.0. The van der Waals surface area contributed by atoms with Crippen molar-refractivity contribution >= 4 is 39.2 Å². The second-order valence-corrected chi connectivity index (χ2v) is 8.37. The molecule has 3 rings (SSSR count). The Hall–Kier alpha value is -2.79. The number of benzene rings is 3. The van der Waals surface area contributed by atoms with Crippen LogP contribution in [0.25, 0.3) is 0 Å². The maximum Gasteiger partial charge on any atom is 0.128 e. The molecule has 0 aliphatic rings. The molecular weight excluding hydrogens is 414 g/mol. The summed E-state index contributed by atoms with van der Waals surface area (Å²) >= 11 is 3.52. The smallest absolute Gasteiger partial charge is 0.128 e. The predicted octanol–water partition coefficient (Wildman–Crippen LogP) is 7.62. The van der Waals surface area contributed by atoms with E-state index < -0.39 is 0 Å². The van der Waals surface area contributed by atoms with Crippen LogP contribution in [0.4, 0.5) is 17.1 Å². The van der Waals surface area contributed by atoms with Crippen molar-refractivity contribution in [1.82, 2.24) is 0 Å². The second-order valence-electron chi connectivity index (χ2n) is 7.45. The minimum atomic E-state index is -0.165. The molecule has 0 radical (unpaired) electrons. The second kappa shape index (κ2) is 8.48. The van der Waals surface area contributed by atoms with Crippen LogP contribution in [-0.4, -0.2) is 11.3 Å². The van der Waals surface area contributed by atoms with Crippen molar-refractivity contribution in [3.05, 3.63) is 82.3 Å². The zero-order valence-electron chi connectivity index (χ0n) is 16.1. The topological polar surface area (TPSA) is 57.3 Å². The molecule has 3 aromatic carbocycles. The van der Waals surface area contributed by atoms with Crippen molar-refractivity contribution in [3.8, 4) is 5.75 Å². The highest BCUT2D eigenvalue weighted by Crippen LogP contribution is 2.35. The molecule has 1 N–H and O–H groups in total. The number of phenolic OH excluding ortho intramolecular Hbond substituents is 1. The molecule has 0 atom stereocenters. The number of nitrogens with zero attached hydrogens (tertiary/aromatic N) is 3. The van der Waals surface area contributed by atoms with Crippen LogP contribution in [0.5, 0.6) is 5.75 Å². The normalized spacial score (nSPS) is 12.1. The average molecular weight is 436 g/mol. The highest BCUT2D eigenvalue weighted by atomic mass is 79.9. The molecule has 5 heteroatoms. The Balaban J connectivity index is 1.78. The van der Waals surface area contributed by atoms with E-state index in [2.05, 4.69) is 51.9 Å². The molecule has 0 amide bonds. The molecule has 4 nitrogen and oxygen atoms in total. The number of hydrogen-bond donors (Lipinski definition) is 1. The Kier molecular flexibility index (Phi) is 6.05. The van der Waals surface area contributed by atoms with Gasteiger partial charge >= 0.3 is 0 Å². The first-order chi connectivity index (χ1) is 13.3. The van der Waals surface area contributed by atoms with Crippen molar-refractivity contribution in [3.63, 3.8) is 0 Å². The molecule has 0 bridgehead atoms. The van der Waals surface area contributed by atoms with Gasteiger partial charge in [0.1, 0.15) is 5.75 Å². The standard InChI is InChI=1S/C23H22BrN3O/c1-23(2,3)21-14-17(24)13-16(22(21)28)15-25-18-9-11-20(12-10-18)27-26-19-7-5-4-6-8-19/h4-15,28H,1-3H3. The zero-order valence-corrected chi connectivity index (χ0v) is 17.7. The number of aliphatic imine (C=N–C) groups is 1. The van der Waals surface area contributed by atoms with Crippen LogP contribution in [0.1, 0.15) is 31.9 Å². The molecule has 0 heterocycles. The predicted molar refractivity (Wildman–Crippen MR) is 119 cm³/mol. The van der Waals surface area contributed by atoms with Gasteiger partial charge in [-0.15, -0.1) is 0 Å². The first-order valence-corrected chi connectivity index (χ1v) is 9.76. The van der Waals surface area contributed by atoms with Gasteiger partial charge in [0.15, 0.2) is 0 Å². The van der Waals surface area contributed by atoms with Crippen molar-refractivity contribution in [2.24, 2.45) is 15.2 Å². The molecule has 0 aromatic heterocycles. The lowest BCUT2D eigenvalue weighted by Crippen LogP contribution is -2.12. The number of rotatable bonds is 4. The van der Waals surface area contributed by atoms with E-state index in [-0.39, 0.29) is 11.2 Å². The molecular formula is C23H22BrN3O. The van der Waals surface area contributed by atoms with Gasteiger partial charge in [-0.2, -0.15) is 10.2 Å². The molecule has 0 saturated heterocycles. The fraction of sp³-hybridized carbons (Fsp3) is 0.174. The van der Waals surface area contributed by atoms with E-state index in [1.165, 1.54) is 0 Å². The first-order valence-electron chi connectivity index (χ1n) is 8.97. The Bertz CT molecular complexity index is 1000. The van der Waals surface area contributed by atoms with Gasteiger partial charge in [0.25, 0.3) is 0 Å². The van der Waals surface area contributed by atoms with Gasteiger partial charge < -0.3 is 5.11 Å². The van der Waals surface area contributed by atoms with Gasteiger partial charge in [-0.25, -0.2) is 0 Å². The molecule has 142 valence electrons. The third-order valence-electron chi connectivity index (χ3n) is 4.15. The van der Waals surface area contributed by atoms with Crippen molar-refractivity contribution in [1.29, 1.82) is 0 Å². The van der Waals surface area contributed by atoms with Gasteiger partial charge in [-0.1, -0.05) is 54.9 Å². The van der Waals surface area contributed by atoms with E-state index in [0.29, 0.717) is 5.56 Å². The maximum atomic E-state index is 10.6. The molecule has 0 aliphatic heterocycles. The summed E-state index contributed by atoms with van der Waals surface area (Å²) in [6.45, 7) is 6.20. The van der Waals surface area contributed by atoms with Crippen LogP contribution in [0, 0.1) is 0 Å². The average Bonchev–Trinajstić information content (AvgIpc) is 2.67. The number of aromatic hydroxyl groups is 1. The van der Waals surface area contributed by atoms with E-state index in [9.17, 15) is 5.11 Å². The minimum absolute atomic E-state index is 0.165. The van der Waals surface area contributed by atoms with Gasteiger partial charge in [0.05, 0.1) is 17.1 Å². The van der Waals surface area contributed by atoms with Crippen LogP contribution < -0.4 is 0 Å². The van der Waals surface area contributed by atoms with Crippen LogP contribution in [0.15, 0.2) is 86.4 Å². The summed E-state index contributed by atoms with van der Waals surface area (Å²) < 4.78 is 0.911. The molecule has 0 fully saturated rings. The summed E-state index contributed by atoms with van der Waals surface area (Å²) in [6, 6.07) is 20.9. The van der Waals surface area contributed by atoms with E-state index in [1.54, 1.807) is 6.21 Å². The number of phenols is 1. The summed E-state index contributed by atoms with van der Waals surface area (Å²) in [4.78, 5) is 4.48. The largest absolute Gasteiger partial charge is 0.507 e. The first kappa shape index (κ1) is 20.0. The van der Waals surface area contributed by atoms with Crippen molar-refractivity contribution < 1.29 is 5.11 Å². The van der Waals surface area contributed by atoms with Gasteiger partial charge in [-0.3, -0.25) is 4.99 Å². The highest BCUT2D eigenvalue weighted by molar-refractivity contribution is 9.10. The van der Waals surface area contributed by atoms with Gasteiger partial charge in [-0.05, 0) is 53.9 Å². The fourth-order valence-electron chi connectivity index (χ4n) is 2.65. The Morgan fingerprint density at radius 1 is 0.821 bits per heavy atom. The number of hydrogen-bond acceptors (Lipinski definition) is 4. The van der Waals surface area contributed by atoms with Gasteiger partial charge in [0.2, 0.25) is 0 Å². The third-order valence-corrected chi connectivity index (χ3v) is 4.61. The van der Waals surface area contributed by atoms with Crippen LogP contribution in [-0.2, 0) is 5.41 Å². The molecule has 28 heavy (non-hydrogen) atoms. The van der Waals surface area contributed by atoms with Crippen molar-refractivity contribution in [2.45, 2.75) is 26.2 Å². The number of halogens is 1. The van der Waals surface area contributed by atoms with Gasteiger partial charge in [0, 0.05) is 21.8 Å². The summed E-state index contributed by atoms with van der Waals surface area (Å²) in [7, 11) is 0. The summed E-state index contributed by atoms with van der Waals surface area (Å²) in [6.07, 6.45) is 1.68. The molecule has 0 unspecified atom stereocenters. The zero-order chi connectivity index (χ0) is 20.1. The van der Waals surface area contributed by atoms with E-state index in [1.807, 2.05) is 66.7 Å². The Morgan fingerprint density at radius 3 is 2.00 bits per heavy atom. The SMILES string of the molecule is CC(C)(C)c1cc(Br)cc(C=Nc2ccc(N=Nc3ccccc3)cc2)c1O. The molecule has 3 aromatic rings.